The fourth-order valence-corrected chi connectivity index (χ4v) is 7.80. The van der Waals surface area contributed by atoms with E-state index in [1.807, 2.05) is 116 Å². The zero-order chi connectivity index (χ0) is 31.8. The molecule has 4 unspecified atom stereocenters. The standard InChI is InChI=1S/C38H33N3O4S/c1-24-31(46-23-39-24)19-20-41-35(42)32-33(36(41)43)38(37(44)45,22-27-15-16-28-9-5-6-10-30(28)21-27)40-34(32)29-17-13-26(14-18-29)12-11-25-7-3-2-4-8-25/h2-18,21,23,32-34,40H,19-20,22H2,1H3,(H,44,45)/b12-11+. The van der Waals surface area contributed by atoms with Crippen LogP contribution in [0.2, 0.25) is 0 Å². The maximum atomic E-state index is 14.2. The fraction of sp³-hybridized carbons (Fsp3) is 0.211. The van der Waals surface area contributed by atoms with Crippen LogP contribution >= 0.6 is 11.3 Å². The molecule has 2 N–H and O–H groups in total. The first-order valence-corrected chi connectivity index (χ1v) is 16.3. The molecular formula is C38H33N3O4S. The van der Waals surface area contributed by atoms with E-state index in [9.17, 15) is 19.5 Å². The van der Waals surface area contributed by atoms with E-state index in [1.54, 1.807) is 5.51 Å². The number of carboxylic acids is 1. The van der Waals surface area contributed by atoms with Gasteiger partial charge in [0, 0.05) is 30.3 Å². The van der Waals surface area contributed by atoms with Crippen LogP contribution in [0.15, 0.2) is 103 Å². The Labute approximate surface area is 271 Å². The third-order valence-electron chi connectivity index (χ3n) is 9.39. The number of hydrogen-bond donors (Lipinski definition) is 2. The molecule has 230 valence electrons. The van der Waals surface area contributed by atoms with E-state index in [0.29, 0.717) is 6.42 Å². The zero-order valence-corrected chi connectivity index (χ0v) is 26.1. The molecule has 0 saturated carbocycles. The number of carbonyl (C=O) groups is 3. The number of rotatable bonds is 9. The molecule has 2 saturated heterocycles. The van der Waals surface area contributed by atoms with Gasteiger partial charge in [-0.1, -0.05) is 109 Å². The Bertz CT molecular complexity index is 1970. The summed E-state index contributed by atoms with van der Waals surface area (Å²) in [5, 5.41) is 16.3. The number of fused-ring (bicyclic) bond motifs is 2. The van der Waals surface area contributed by atoms with Crippen molar-refractivity contribution in [2.75, 3.05) is 6.54 Å². The number of nitrogens with one attached hydrogen (secondary N) is 1. The average molecular weight is 628 g/mol. The number of amides is 2. The van der Waals surface area contributed by atoms with Crippen molar-refractivity contribution in [1.29, 1.82) is 0 Å². The van der Waals surface area contributed by atoms with E-state index in [4.69, 9.17) is 0 Å². The van der Waals surface area contributed by atoms with Gasteiger partial charge >= 0.3 is 5.97 Å². The normalized spacial score (nSPS) is 22.6. The lowest BCUT2D eigenvalue weighted by atomic mass is 9.76. The van der Waals surface area contributed by atoms with Gasteiger partial charge in [0.1, 0.15) is 5.54 Å². The number of benzene rings is 4. The van der Waals surface area contributed by atoms with Crippen LogP contribution in [0.5, 0.6) is 0 Å². The average Bonchev–Trinajstić information content (AvgIpc) is 3.72. The first kappa shape index (κ1) is 29.8. The minimum absolute atomic E-state index is 0.0591. The largest absolute Gasteiger partial charge is 0.480 e. The second kappa shape index (κ2) is 12.1. The minimum atomic E-state index is -1.68. The SMILES string of the molecule is Cc1ncsc1CCN1C(=O)C2C(c3ccc(/C=C/c4ccccc4)cc3)NC(Cc3ccc4ccccc4c3)(C(=O)O)C2C1=O. The molecule has 0 aliphatic carbocycles. The lowest BCUT2D eigenvalue weighted by molar-refractivity contribution is -0.151. The lowest BCUT2D eigenvalue weighted by Crippen LogP contribution is -2.57. The number of likely N-dealkylation sites (tertiary alicyclic amines) is 1. The highest BCUT2D eigenvalue weighted by Crippen LogP contribution is 2.50. The van der Waals surface area contributed by atoms with Crippen LogP contribution in [0.4, 0.5) is 0 Å². The second-order valence-electron chi connectivity index (χ2n) is 12.1. The third-order valence-corrected chi connectivity index (χ3v) is 10.4. The van der Waals surface area contributed by atoms with Gasteiger partial charge in [-0.15, -0.1) is 11.3 Å². The first-order valence-electron chi connectivity index (χ1n) is 15.4. The molecule has 2 amide bonds. The molecule has 2 fully saturated rings. The topological polar surface area (TPSA) is 99.6 Å². The predicted molar refractivity (Wildman–Crippen MR) is 180 cm³/mol. The summed E-state index contributed by atoms with van der Waals surface area (Å²) < 4.78 is 0. The molecular weight excluding hydrogens is 595 g/mol. The molecule has 2 aliphatic rings. The van der Waals surface area contributed by atoms with E-state index in [1.165, 1.54) is 16.2 Å². The first-order chi connectivity index (χ1) is 22.3. The summed E-state index contributed by atoms with van der Waals surface area (Å²) in [6.07, 6.45) is 4.58. The van der Waals surface area contributed by atoms with Gasteiger partial charge in [0.15, 0.2) is 0 Å². The molecule has 1 aromatic heterocycles. The lowest BCUT2D eigenvalue weighted by Gasteiger charge is -2.31. The summed E-state index contributed by atoms with van der Waals surface area (Å²) in [5.41, 5.74) is 4.56. The van der Waals surface area contributed by atoms with Crippen LogP contribution < -0.4 is 5.32 Å². The van der Waals surface area contributed by atoms with Crippen LogP contribution in [0.1, 0.15) is 38.9 Å². The van der Waals surface area contributed by atoms with Gasteiger partial charge in [0.05, 0.1) is 23.0 Å². The van der Waals surface area contributed by atoms with E-state index in [2.05, 4.69) is 10.3 Å². The number of carboxylic acid groups (broad SMARTS) is 1. The van der Waals surface area contributed by atoms with Crippen molar-refractivity contribution in [3.05, 3.63) is 135 Å². The van der Waals surface area contributed by atoms with Gasteiger partial charge in [-0.25, -0.2) is 4.98 Å². The Balaban J connectivity index is 1.24. The number of aromatic nitrogens is 1. The molecule has 2 aliphatic heterocycles. The molecule has 7 rings (SSSR count). The van der Waals surface area contributed by atoms with E-state index in [-0.39, 0.29) is 18.9 Å². The molecule has 46 heavy (non-hydrogen) atoms. The molecule has 8 heteroatoms. The summed E-state index contributed by atoms with van der Waals surface area (Å²) in [6, 6.07) is 30.9. The van der Waals surface area contributed by atoms with Crippen molar-refractivity contribution in [2.24, 2.45) is 11.8 Å². The van der Waals surface area contributed by atoms with Crippen LogP contribution in [0.25, 0.3) is 22.9 Å². The number of aryl methyl sites for hydroxylation is 1. The molecule has 0 spiro atoms. The highest BCUT2D eigenvalue weighted by Gasteiger charge is 2.68. The zero-order valence-electron chi connectivity index (χ0n) is 25.3. The predicted octanol–water partition coefficient (Wildman–Crippen LogP) is 6.33. The number of imide groups is 1. The molecule has 7 nitrogen and oxygen atoms in total. The Hall–Kier alpha value is -4.92. The van der Waals surface area contributed by atoms with E-state index in [0.717, 1.165) is 43.6 Å². The summed E-state index contributed by atoms with van der Waals surface area (Å²) >= 11 is 1.49. The number of nitrogens with zero attached hydrogens (tertiary/aromatic N) is 2. The minimum Gasteiger partial charge on any atom is -0.480 e. The number of thiazole rings is 1. The molecule has 3 heterocycles. The van der Waals surface area contributed by atoms with Gasteiger partial charge in [0.2, 0.25) is 11.8 Å². The van der Waals surface area contributed by atoms with Crippen LogP contribution in [0.3, 0.4) is 0 Å². The quantitative estimate of drug-likeness (QED) is 0.146. The smallest absolute Gasteiger partial charge is 0.325 e. The van der Waals surface area contributed by atoms with Gasteiger partial charge in [0.25, 0.3) is 0 Å². The van der Waals surface area contributed by atoms with Gasteiger partial charge in [-0.2, -0.15) is 0 Å². The maximum Gasteiger partial charge on any atom is 0.325 e. The Morgan fingerprint density at radius 1 is 0.913 bits per heavy atom. The van der Waals surface area contributed by atoms with Crippen LogP contribution in [-0.4, -0.2) is 44.9 Å². The van der Waals surface area contributed by atoms with Crippen LogP contribution in [0, 0.1) is 18.8 Å². The Morgan fingerprint density at radius 2 is 1.61 bits per heavy atom. The molecule has 5 aromatic rings. The third kappa shape index (κ3) is 5.33. The summed E-state index contributed by atoms with van der Waals surface area (Å²) in [4.78, 5) is 48.3. The number of aliphatic carboxylic acids is 1. The van der Waals surface area contributed by atoms with Crippen molar-refractivity contribution in [1.82, 2.24) is 15.2 Å². The summed E-state index contributed by atoms with van der Waals surface area (Å²) in [5.74, 6) is -3.81. The molecule has 4 atom stereocenters. The molecule has 0 bridgehead atoms. The summed E-state index contributed by atoms with van der Waals surface area (Å²) in [6.45, 7) is 2.10. The van der Waals surface area contributed by atoms with Gasteiger partial charge < -0.3 is 5.11 Å². The Kier molecular flexibility index (Phi) is 7.84. The van der Waals surface area contributed by atoms with Gasteiger partial charge in [-0.05, 0) is 39.9 Å². The van der Waals surface area contributed by atoms with Crippen molar-refractivity contribution in [2.45, 2.75) is 31.3 Å². The fourth-order valence-electron chi connectivity index (χ4n) is 7.03. The molecule has 0 radical (unpaired) electrons. The molecule has 4 aromatic carbocycles. The van der Waals surface area contributed by atoms with E-state index < -0.39 is 35.3 Å². The van der Waals surface area contributed by atoms with Crippen LogP contribution in [-0.2, 0) is 27.2 Å². The van der Waals surface area contributed by atoms with Crippen molar-refractivity contribution >= 4 is 52.0 Å². The number of carbonyl (C=O) groups excluding carboxylic acids is 2. The van der Waals surface area contributed by atoms with Crippen molar-refractivity contribution in [3.8, 4) is 0 Å². The van der Waals surface area contributed by atoms with Crippen molar-refractivity contribution in [3.63, 3.8) is 0 Å². The van der Waals surface area contributed by atoms with Crippen molar-refractivity contribution < 1.29 is 19.5 Å². The monoisotopic (exact) mass is 627 g/mol. The maximum absolute atomic E-state index is 14.2. The van der Waals surface area contributed by atoms with Gasteiger partial charge in [-0.3, -0.25) is 24.6 Å². The highest BCUT2D eigenvalue weighted by molar-refractivity contribution is 7.09. The Morgan fingerprint density at radius 3 is 2.30 bits per heavy atom. The van der Waals surface area contributed by atoms with E-state index >= 15 is 0 Å². The number of hydrogen-bond acceptors (Lipinski definition) is 6. The second-order valence-corrected chi connectivity index (χ2v) is 13.0. The highest BCUT2D eigenvalue weighted by atomic mass is 32.1. The summed E-state index contributed by atoms with van der Waals surface area (Å²) in [7, 11) is 0.